The third-order valence-electron chi connectivity index (χ3n) is 5.97. The number of nitrogens with zero attached hydrogens (tertiary/aromatic N) is 3. The number of likely N-dealkylation sites (tertiary alicyclic amines) is 1. The van der Waals surface area contributed by atoms with Gasteiger partial charge in [0.05, 0.1) is 33.2 Å². The summed E-state index contributed by atoms with van der Waals surface area (Å²) in [6.07, 6.45) is 2.07. The molecule has 0 radical (unpaired) electrons. The Morgan fingerprint density at radius 2 is 1.97 bits per heavy atom. The van der Waals surface area contributed by atoms with E-state index in [4.69, 9.17) is 11.1 Å². The number of aromatic nitrogens is 3. The van der Waals surface area contributed by atoms with Crippen LogP contribution >= 0.6 is 11.3 Å². The molecule has 0 unspecified atom stereocenters. The number of amides is 1. The SMILES string of the molecule is Cc1nc(-c2cccc(C(=N)N)c2)c(Cn2c(=O)[nH]c3cc(C(=O)N4CCCC4)ccc32)s1. The molecule has 168 valence electrons. The number of benzene rings is 2. The third kappa shape index (κ3) is 3.95. The van der Waals surface area contributed by atoms with E-state index in [1.54, 1.807) is 22.8 Å². The van der Waals surface area contributed by atoms with E-state index in [1.165, 1.54) is 11.3 Å². The normalized spacial score (nSPS) is 13.7. The first-order valence-corrected chi connectivity index (χ1v) is 11.7. The smallest absolute Gasteiger partial charge is 0.326 e. The number of nitrogen functional groups attached to an aromatic ring is 1. The van der Waals surface area contributed by atoms with Gasteiger partial charge in [-0.3, -0.25) is 14.8 Å². The molecule has 2 aromatic heterocycles. The topological polar surface area (TPSA) is 121 Å². The van der Waals surface area contributed by atoms with Gasteiger partial charge in [-0.1, -0.05) is 18.2 Å². The highest BCUT2D eigenvalue weighted by atomic mass is 32.1. The summed E-state index contributed by atoms with van der Waals surface area (Å²) in [6.45, 7) is 3.85. The van der Waals surface area contributed by atoms with E-state index in [0.717, 1.165) is 52.6 Å². The summed E-state index contributed by atoms with van der Waals surface area (Å²) in [5.74, 6) is 0.00574. The predicted octanol–water partition coefficient (Wildman–Crippen LogP) is 3.33. The van der Waals surface area contributed by atoms with Crippen molar-refractivity contribution in [2.75, 3.05) is 13.1 Å². The van der Waals surface area contributed by atoms with Gasteiger partial charge < -0.3 is 15.6 Å². The highest BCUT2D eigenvalue weighted by Crippen LogP contribution is 2.30. The fraction of sp³-hybridized carbons (Fsp3) is 0.250. The van der Waals surface area contributed by atoms with Crippen LogP contribution in [-0.4, -0.2) is 44.3 Å². The summed E-state index contributed by atoms with van der Waals surface area (Å²) in [7, 11) is 0. The van der Waals surface area contributed by atoms with Crippen LogP contribution in [0.25, 0.3) is 22.3 Å². The van der Waals surface area contributed by atoms with Crippen molar-refractivity contribution in [1.29, 1.82) is 5.41 Å². The molecule has 1 fully saturated rings. The lowest BCUT2D eigenvalue weighted by Crippen LogP contribution is -2.27. The van der Waals surface area contributed by atoms with Crippen molar-refractivity contribution in [2.45, 2.75) is 26.3 Å². The monoisotopic (exact) mass is 460 g/mol. The first-order chi connectivity index (χ1) is 15.9. The summed E-state index contributed by atoms with van der Waals surface area (Å²) < 4.78 is 1.67. The number of fused-ring (bicyclic) bond motifs is 1. The Morgan fingerprint density at radius 3 is 2.73 bits per heavy atom. The molecule has 1 saturated heterocycles. The van der Waals surface area contributed by atoms with Crippen LogP contribution in [0.2, 0.25) is 0 Å². The second-order valence-corrected chi connectivity index (χ2v) is 9.53. The van der Waals surface area contributed by atoms with Crippen molar-refractivity contribution < 1.29 is 4.79 Å². The fourth-order valence-electron chi connectivity index (χ4n) is 4.34. The molecule has 9 heteroatoms. The van der Waals surface area contributed by atoms with Gasteiger partial charge in [-0.15, -0.1) is 11.3 Å². The summed E-state index contributed by atoms with van der Waals surface area (Å²) in [4.78, 5) is 36.0. The summed E-state index contributed by atoms with van der Waals surface area (Å²) in [5, 5.41) is 8.60. The van der Waals surface area contributed by atoms with E-state index in [-0.39, 0.29) is 17.4 Å². The van der Waals surface area contributed by atoms with Gasteiger partial charge in [0.2, 0.25) is 0 Å². The molecule has 8 nitrogen and oxygen atoms in total. The van der Waals surface area contributed by atoms with Gasteiger partial charge >= 0.3 is 5.69 Å². The quantitative estimate of drug-likeness (QED) is 0.312. The number of thiazole rings is 1. The fourth-order valence-corrected chi connectivity index (χ4v) is 5.28. The number of carbonyl (C=O) groups is 1. The number of carbonyl (C=O) groups excluding carboxylic acids is 1. The third-order valence-corrected chi connectivity index (χ3v) is 6.92. The Balaban J connectivity index is 1.51. The number of H-pyrrole nitrogens is 1. The molecule has 5 rings (SSSR count). The van der Waals surface area contributed by atoms with Crippen LogP contribution in [0.3, 0.4) is 0 Å². The minimum absolute atomic E-state index is 0.00233. The van der Waals surface area contributed by atoms with Crippen molar-refractivity contribution in [3.63, 3.8) is 0 Å². The summed E-state index contributed by atoms with van der Waals surface area (Å²) >= 11 is 1.53. The van der Waals surface area contributed by atoms with Crippen LogP contribution in [0.4, 0.5) is 0 Å². The van der Waals surface area contributed by atoms with Crippen LogP contribution in [0.1, 0.15) is 38.6 Å². The number of rotatable bonds is 5. The van der Waals surface area contributed by atoms with Crippen LogP contribution < -0.4 is 11.4 Å². The number of hydrogen-bond donors (Lipinski definition) is 3. The summed E-state index contributed by atoms with van der Waals surface area (Å²) in [5.41, 5.74) is 9.67. The number of hydrogen-bond acceptors (Lipinski definition) is 5. The molecule has 0 spiro atoms. The molecule has 0 saturated carbocycles. The van der Waals surface area contributed by atoms with Crippen molar-refractivity contribution >= 4 is 34.1 Å². The Morgan fingerprint density at radius 1 is 1.18 bits per heavy atom. The zero-order valence-electron chi connectivity index (χ0n) is 18.2. The minimum atomic E-state index is -0.231. The van der Waals surface area contributed by atoms with Gasteiger partial charge in [-0.25, -0.2) is 9.78 Å². The van der Waals surface area contributed by atoms with Crippen molar-refractivity contribution in [3.8, 4) is 11.3 Å². The molecular formula is C24H24N6O2S. The van der Waals surface area contributed by atoms with Gasteiger partial charge in [0.1, 0.15) is 5.84 Å². The second-order valence-electron chi connectivity index (χ2n) is 8.25. The van der Waals surface area contributed by atoms with Crippen LogP contribution in [0.5, 0.6) is 0 Å². The molecule has 0 aliphatic carbocycles. The van der Waals surface area contributed by atoms with Gasteiger partial charge in [-0.05, 0) is 44.0 Å². The average Bonchev–Trinajstić information content (AvgIpc) is 3.53. The Hall–Kier alpha value is -3.72. The molecular weight excluding hydrogens is 436 g/mol. The maximum atomic E-state index is 12.8. The highest BCUT2D eigenvalue weighted by molar-refractivity contribution is 7.12. The molecule has 4 N–H and O–H groups in total. The molecule has 0 atom stereocenters. The molecule has 33 heavy (non-hydrogen) atoms. The van der Waals surface area contributed by atoms with Gasteiger partial charge in [0.15, 0.2) is 0 Å². The second kappa shape index (κ2) is 8.32. The van der Waals surface area contributed by atoms with Crippen LogP contribution in [0, 0.1) is 12.3 Å². The Labute approximate surface area is 194 Å². The van der Waals surface area contributed by atoms with Crippen LogP contribution in [0.15, 0.2) is 47.3 Å². The number of nitrogens with one attached hydrogen (secondary N) is 2. The minimum Gasteiger partial charge on any atom is -0.384 e. The first kappa shape index (κ1) is 21.1. The number of imidazole rings is 1. The van der Waals surface area contributed by atoms with Crippen LogP contribution in [-0.2, 0) is 6.54 Å². The standard InChI is InChI=1S/C24H24N6O2S/c1-14-27-21(15-5-4-6-16(11-15)22(25)26)20(33-14)13-30-19-8-7-17(12-18(19)28-24(30)32)23(31)29-9-2-3-10-29/h4-8,11-12H,2-3,9-10,13H2,1H3,(H3,25,26)(H,28,32). The highest BCUT2D eigenvalue weighted by Gasteiger charge is 2.21. The maximum Gasteiger partial charge on any atom is 0.326 e. The van der Waals surface area contributed by atoms with Gasteiger partial charge in [-0.2, -0.15) is 0 Å². The largest absolute Gasteiger partial charge is 0.384 e. The number of aromatic amines is 1. The lowest BCUT2D eigenvalue weighted by atomic mass is 10.1. The van der Waals surface area contributed by atoms with E-state index in [1.807, 2.05) is 36.1 Å². The lowest BCUT2D eigenvalue weighted by Gasteiger charge is -2.15. The molecule has 1 aliphatic rings. The first-order valence-electron chi connectivity index (χ1n) is 10.8. The maximum absolute atomic E-state index is 12.8. The average molecular weight is 461 g/mol. The van der Waals surface area contributed by atoms with Crippen molar-refractivity contribution in [1.82, 2.24) is 19.4 Å². The molecule has 4 aromatic rings. The van der Waals surface area contributed by atoms with E-state index in [2.05, 4.69) is 9.97 Å². The van der Waals surface area contributed by atoms with Crippen molar-refractivity contribution in [3.05, 3.63) is 74.0 Å². The van der Waals surface area contributed by atoms with Crippen molar-refractivity contribution in [2.24, 2.45) is 5.73 Å². The zero-order chi connectivity index (χ0) is 23.1. The van der Waals surface area contributed by atoms with E-state index < -0.39 is 0 Å². The Kier molecular flexibility index (Phi) is 5.33. The lowest BCUT2D eigenvalue weighted by molar-refractivity contribution is 0.0793. The van der Waals surface area contributed by atoms with E-state index >= 15 is 0 Å². The molecule has 1 amide bonds. The van der Waals surface area contributed by atoms with E-state index in [0.29, 0.717) is 23.2 Å². The molecule has 0 bridgehead atoms. The molecule has 3 heterocycles. The van der Waals surface area contributed by atoms with E-state index in [9.17, 15) is 9.59 Å². The number of nitrogens with two attached hydrogens (primary N) is 1. The summed E-state index contributed by atoms with van der Waals surface area (Å²) in [6, 6.07) is 12.8. The predicted molar refractivity (Wildman–Crippen MR) is 130 cm³/mol. The van der Waals surface area contributed by atoms with Gasteiger partial charge in [0, 0.05) is 29.8 Å². The van der Waals surface area contributed by atoms with Gasteiger partial charge in [0.25, 0.3) is 5.91 Å². The zero-order valence-corrected chi connectivity index (χ0v) is 19.0. The number of aryl methyl sites for hydroxylation is 1. The molecule has 1 aliphatic heterocycles. The molecule has 2 aromatic carbocycles. The number of amidine groups is 1. The Bertz CT molecular complexity index is 1440.